The van der Waals surface area contributed by atoms with Crippen LogP contribution in [0.3, 0.4) is 0 Å². The number of hydrogen-bond acceptors (Lipinski definition) is 6. The summed E-state index contributed by atoms with van der Waals surface area (Å²) < 4.78 is 47.2. The van der Waals surface area contributed by atoms with Crippen LogP contribution < -0.4 is 16.6 Å². The van der Waals surface area contributed by atoms with Gasteiger partial charge in [-0.3, -0.25) is 0 Å². The maximum Gasteiger partial charge on any atom is 0.238 e. The van der Waals surface area contributed by atoms with Crippen molar-refractivity contribution in [2.45, 2.75) is 21.6 Å². The Morgan fingerprint density at radius 2 is 1.30 bits per heavy atom. The van der Waals surface area contributed by atoms with E-state index in [9.17, 15) is 16.8 Å². The molecule has 2 rings (SSSR count). The smallest absolute Gasteiger partial charge is 0.238 e. The van der Waals surface area contributed by atoms with Gasteiger partial charge in [-0.25, -0.2) is 22.0 Å². The highest BCUT2D eigenvalue weighted by Crippen LogP contribution is 2.18. The third-order valence-corrected chi connectivity index (χ3v) is 6.12. The molecule has 23 heavy (non-hydrogen) atoms. The monoisotopic (exact) mass is 355 g/mol. The molecule has 0 spiro atoms. The Bertz CT molecular complexity index is 890. The molecule has 0 amide bonds. The van der Waals surface area contributed by atoms with Crippen molar-refractivity contribution < 1.29 is 16.8 Å². The zero-order valence-electron chi connectivity index (χ0n) is 12.1. The Morgan fingerprint density at radius 1 is 0.826 bits per heavy atom. The van der Waals surface area contributed by atoms with E-state index in [2.05, 4.69) is 0 Å². The number of sulfonamides is 1. The second kappa shape index (κ2) is 6.28. The average Bonchev–Trinajstić information content (AvgIpc) is 2.47. The second-order valence-corrected chi connectivity index (χ2v) is 8.77. The lowest BCUT2D eigenvalue weighted by molar-refractivity contribution is 0.579. The van der Waals surface area contributed by atoms with Gasteiger partial charge in [0.15, 0.2) is 9.84 Å². The van der Waals surface area contributed by atoms with Crippen molar-refractivity contribution in [1.29, 1.82) is 0 Å². The van der Waals surface area contributed by atoms with Gasteiger partial charge in [-0.1, -0.05) is 12.1 Å². The number of hydrogen-bond donors (Lipinski definition) is 3. The molecule has 2 aromatic carbocycles. The van der Waals surface area contributed by atoms with Gasteiger partial charge in [-0.15, -0.1) is 0 Å². The molecule has 0 aliphatic heterocycles. The fourth-order valence-electron chi connectivity index (χ4n) is 1.99. The molecule has 0 saturated heterocycles. The minimum atomic E-state index is -3.78. The summed E-state index contributed by atoms with van der Waals surface area (Å²) in [7, 11) is -7.50. The molecular weight excluding hydrogens is 338 g/mol. The largest absolute Gasteiger partial charge is 0.399 e. The molecule has 2 aromatic rings. The number of nitrogens with two attached hydrogens (primary N) is 3. The van der Waals surface area contributed by atoms with Crippen molar-refractivity contribution >= 4 is 25.5 Å². The fourth-order valence-corrected chi connectivity index (χ4v) is 3.78. The first-order chi connectivity index (χ1) is 10.6. The van der Waals surface area contributed by atoms with Crippen LogP contribution >= 0.6 is 0 Å². The molecule has 0 aliphatic rings. The summed E-state index contributed by atoms with van der Waals surface area (Å²) in [6, 6.07) is 11.4. The summed E-state index contributed by atoms with van der Waals surface area (Å²) in [5, 5.41) is 3.85. The zero-order chi connectivity index (χ0) is 17.3. The van der Waals surface area contributed by atoms with Crippen LogP contribution in [0, 0.1) is 0 Å². The molecule has 0 fully saturated rings. The Hall–Kier alpha value is -1.94. The average molecular weight is 355 g/mol. The predicted octanol–water partition coefficient (Wildman–Crippen LogP) is 0.217. The molecular formula is C14H17N3O4S2. The van der Waals surface area contributed by atoms with E-state index in [-0.39, 0.29) is 16.2 Å². The summed E-state index contributed by atoms with van der Waals surface area (Å²) in [5.41, 5.74) is 12.4. The molecule has 0 heterocycles. The van der Waals surface area contributed by atoms with Crippen LogP contribution in [0.15, 0.2) is 58.3 Å². The van der Waals surface area contributed by atoms with Gasteiger partial charge < -0.3 is 11.5 Å². The Kier molecular flexibility index (Phi) is 4.76. The van der Waals surface area contributed by atoms with Crippen LogP contribution in [0.2, 0.25) is 0 Å². The molecule has 0 saturated carbocycles. The third kappa shape index (κ3) is 4.08. The number of primary sulfonamides is 1. The highest BCUT2D eigenvalue weighted by molar-refractivity contribution is 7.92. The lowest BCUT2D eigenvalue weighted by atomic mass is 10.1. The van der Waals surface area contributed by atoms with Crippen LogP contribution in [0.4, 0.5) is 5.69 Å². The maximum absolute atomic E-state index is 12.4. The van der Waals surface area contributed by atoms with E-state index >= 15 is 0 Å². The number of rotatable bonds is 5. The SMILES string of the molecule is Nc1ccc(S(=O)(=O)C(N)Cc2ccc(S(N)(=O)=O)cc2)cc1. The lowest BCUT2D eigenvalue weighted by Gasteiger charge is -2.13. The number of nitrogen functional groups attached to an aromatic ring is 1. The quantitative estimate of drug-likeness (QED) is 0.654. The van der Waals surface area contributed by atoms with Gasteiger partial charge in [0.05, 0.1) is 9.79 Å². The number of anilines is 1. The van der Waals surface area contributed by atoms with E-state index in [0.29, 0.717) is 11.3 Å². The molecule has 0 aromatic heterocycles. The van der Waals surface area contributed by atoms with Crippen LogP contribution in [0.1, 0.15) is 5.56 Å². The zero-order valence-corrected chi connectivity index (χ0v) is 13.7. The molecule has 9 heteroatoms. The van der Waals surface area contributed by atoms with Gasteiger partial charge in [0, 0.05) is 12.1 Å². The van der Waals surface area contributed by atoms with E-state index in [1.165, 1.54) is 48.5 Å². The highest BCUT2D eigenvalue weighted by Gasteiger charge is 2.24. The molecule has 6 N–H and O–H groups in total. The van der Waals surface area contributed by atoms with Gasteiger partial charge in [0.1, 0.15) is 5.37 Å². The van der Waals surface area contributed by atoms with Gasteiger partial charge in [-0.05, 0) is 42.0 Å². The second-order valence-electron chi connectivity index (χ2n) is 5.05. The van der Waals surface area contributed by atoms with E-state index in [4.69, 9.17) is 16.6 Å². The minimum absolute atomic E-state index is 0.0393. The van der Waals surface area contributed by atoms with Crippen LogP contribution in [0.25, 0.3) is 0 Å². The summed E-state index contributed by atoms with van der Waals surface area (Å²) in [5.74, 6) is 0. The molecule has 0 bridgehead atoms. The molecule has 7 nitrogen and oxygen atoms in total. The maximum atomic E-state index is 12.4. The minimum Gasteiger partial charge on any atom is -0.399 e. The molecule has 1 atom stereocenters. The van der Waals surface area contributed by atoms with Crippen LogP contribution in [-0.2, 0) is 26.3 Å². The van der Waals surface area contributed by atoms with Crippen molar-refractivity contribution in [3.05, 3.63) is 54.1 Å². The normalized spacial score (nSPS) is 13.7. The summed E-state index contributed by atoms with van der Waals surface area (Å²) in [4.78, 5) is 0.0385. The molecule has 0 aliphatic carbocycles. The first kappa shape index (κ1) is 17.4. The van der Waals surface area contributed by atoms with Crippen molar-refractivity contribution in [3.8, 4) is 0 Å². The van der Waals surface area contributed by atoms with Gasteiger partial charge in [0.25, 0.3) is 0 Å². The van der Waals surface area contributed by atoms with E-state index < -0.39 is 25.2 Å². The van der Waals surface area contributed by atoms with E-state index in [1.54, 1.807) is 0 Å². The Balaban J connectivity index is 2.21. The third-order valence-electron chi connectivity index (χ3n) is 3.30. The van der Waals surface area contributed by atoms with Crippen LogP contribution in [0.5, 0.6) is 0 Å². The highest BCUT2D eigenvalue weighted by atomic mass is 32.2. The summed E-state index contributed by atoms with van der Waals surface area (Å²) in [6.45, 7) is 0. The summed E-state index contributed by atoms with van der Waals surface area (Å²) in [6.07, 6.45) is 0.0393. The molecule has 124 valence electrons. The topological polar surface area (TPSA) is 146 Å². The first-order valence-electron chi connectivity index (χ1n) is 6.57. The van der Waals surface area contributed by atoms with E-state index in [1.807, 2.05) is 0 Å². The van der Waals surface area contributed by atoms with Crippen molar-refractivity contribution in [2.24, 2.45) is 10.9 Å². The fraction of sp³-hybridized carbons (Fsp3) is 0.143. The van der Waals surface area contributed by atoms with Gasteiger partial charge in [0.2, 0.25) is 10.0 Å². The number of sulfone groups is 1. The van der Waals surface area contributed by atoms with Gasteiger partial charge in [-0.2, -0.15) is 0 Å². The van der Waals surface area contributed by atoms with Crippen molar-refractivity contribution in [1.82, 2.24) is 0 Å². The molecule has 1 unspecified atom stereocenters. The first-order valence-corrected chi connectivity index (χ1v) is 9.67. The molecule has 0 radical (unpaired) electrons. The van der Waals surface area contributed by atoms with E-state index in [0.717, 1.165) is 0 Å². The van der Waals surface area contributed by atoms with Gasteiger partial charge >= 0.3 is 0 Å². The number of benzene rings is 2. The summed E-state index contributed by atoms with van der Waals surface area (Å²) >= 11 is 0. The Morgan fingerprint density at radius 3 is 1.78 bits per heavy atom. The van der Waals surface area contributed by atoms with Crippen LogP contribution in [-0.4, -0.2) is 22.2 Å². The Labute approximate surface area is 135 Å². The van der Waals surface area contributed by atoms with Crippen molar-refractivity contribution in [2.75, 3.05) is 5.73 Å². The predicted molar refractivity (Wildman–Crippen MR) is 87.5 cm³/mol. The van der Waals surface area contributed by atoms with Crippen molar-refractivity contribution in [3.63, 3.8) is 0 Å². The lowest BCUT2D eigenvalue weighted by Crippen LogP contribution is -2.32. The standard InChI is InChI=1S/C14H17N3O4S2/c15-11-3-7-12(8-4-11)22(18,19)14(16)9-10-1-5-13(6-2-10)23(17,20)21/h1-8,14H,9,15-16H2,(H2,17,20,21).